The van der Waals surface area contributed by atoms with Gasteiger partial charge in [0.25, 0.3) is 0 Å². The summed E-state index contributed by atoms with van der Waals surface area (Å²) in [5.41, 5.74) is 5.05. The van der Waals surface area contributed by atoms with E-state index in [1.54, 1.807) is 0 Å². The van der Waals surface area contributed by atoms with Gasteiger partial charge < -0.3 is 5.73 Å². The number of sulfonamides is 1. The van der Waals surface area contributed by atoms with Crippen LogP contribution < -0.4 is 5.73 Å². The van der Waals surface area contributed by atoms with Crippen LogP contribution in [-0.4, -0.2) is 32.5 Å². The van der Waals surface area contributed by atoms with Gasteiger partial charge in [-0.25, -0.2) is 12.8 Å². The van der Waals surface area contributed by atoms with E-state index in [4.69, 9.17) is 5.73 Å². The molecule has 1 aromatic rings. The molecule has 0 atom stereocenters. The standard InChI is InChI=1S/C9H10F4N2O2S/c1-15(5-9(11,12)13)18(16,17)8-3-6(10)2-7(14)4-8/h2-4H,5,14H2,1H3. The van der Waals surface area contributed by atoms with Gasteiger partial charge in [0.05, 0.1) is 4.90 Å². The fraction of sp³-hybridized carbons (Fsp3) is 0.333. The number of anilines is 1. The molecule has 0 aromatic heterocycles. The zero-order valence-corrected chi connectivity index (χ0v) is 10.0. The number of nitrogens with two attached hydrogens (primary N) is 1. The van der Waals surface area contributed by atoms with Crippen molar-refractivity contribution in [3.8, 4) is 0 Å². The zero-order chi connectivity index (χ0) is 14.1. The average molecular weight is 286 g/mol. The van der Waals surface area contributed by atoms with Gasteiger partial charge in [0.1, 0.15) is 12.4 Å². The van der Waals surface area contributed by atoms with Crippen LogP contribution in [0, 0.1) is 5.82 Å². The summed E-state index contributed by atoms with van der Waals surface area (Å²) in [7, 11) is -3.67. The van der Waals surface area contributed by atoms with Crippen LogP contribution in [0.25, 0.3) is 0 Å². The number of nitrogens with zero attached hydrogens (tertiary/aromatic N) is 1. The Bertz CT molecular complexity index is 522. The molecule has 18 heavy (non-hydrogen) atoms. The van der Waals surface area contributed by atoms with E-state index >= 15 is 0 Å². The molecular weight excluding hydrogens is 276 g/mol. The summed E-state index contributed by atoms with van der Waals surface area (Å²) in [5, 5.41) is 0. The van der Waals surface area contributed by atoms with Crippen LogP contribution in [0.2, 0.25) is 0 Å². The molecule has 0 spiro atoms. The molecule has 0 aliphatic rings. The maximum Gasteiger partial charge on any atom is 0.402 e. The maximum atomic E-state index is 13.0. The van der Waals surface area contributed by atoms with Crippen LogP contribution in [0.4, 0.5) is 23.2 Å². The summed E-state index contributed by atoms with van der Waals surface area (Å²) < 4.78 is 72.8. The lowest BCUT2D eigenvalue weighted by molar-refractivity contribution is -0.134. The van der Waals surface area contributed by atoms with Crippen LogP contribution in [0.5, 0.6) is 0 Å². The number of hydrogen-bond acceptors (Lipinski definition) is 3. The lowest BCUT2D eigenvalue weighted by Gasteiger charge is -2.18. The number of benzene rings is 1. The first kappa shape index (κ1) is 14.7. The summed E-state index contributed by atoms with van der Waals surface area (Å²) >= 11 is 0. The van der Waals surface area contributed by atoms with Crippen molar-refractivity contribution in [1.82, 2.24) is 4.31 Å². The molecule has 0 saturated carbocycles. The minimum Gasteiger partial charge on any atom is -0.399 e. The van der Waals surface area contributed by atoms with E-state index in [1.165, 1.54) is 0 Å². The lowest BCUT2D eigenvalue weighted by Crippen LogP contribution is -2.35. The third kappa shape index (κ3) is 3.57. The molecule has 2 N–H and O–H groups in total. The zero-order valence-electron chi connectivity index (χ0n) is 9.20. The first-order valence-electron chi connectivity index (χ1n) is 4.61. The van der Waals surface area contributed by atoms with Crippen molar-refractivity contribution in [3.05, 3.63) is 24.0 Å². The monoisotopic (exact) mass is 286 g/mol. The summed E-state index contributed by atoms with van der Waals surface area (Å²) in [4.78, 5) is -0.619. The second-order valence-electron chi connectivity index (χ2n) is 3.60. The van der Waals surface area contributed by atoms with Crippen LogP contribution >= 0.6 is 0 Å². The maximum absolute atomic E-state index is 13.0. The average Bonchev–Trinajstić information content (AvgIpc) is 2.13. The predicted molar refractivity (Wildman–Crippen MR) is 56.7 cm³/mol. The first-order valence-corrected chi connectivity index (χ1v) is 6.05. The smallest absolute Gasteiger partial charge is 0.399 e. The van der Waals surface area contributed by atoms with E-state index in [-0.39, 0.29) is 9.99 Å². The van der Waals surface area contributed by atoms with Crippen molar-refractivity contribution < 1.29 is 26.0 Å². The molecule has 1 rings (SSSR count). The minimum absolute atomic E-state index is 0.0845. The highest BCUT2D eigenvalue weighted by atomic mass is 32.2. The van der Waals surface area contributed by atoms with Gasteiger partial charge >= 0.3 is 6.18 Å². The fourth-order valence-electron chi connectivity index (χ4n) is 1.25. The molecule has 9 heteroatoms. The van der Waals surface area contributed by atoms with Gasteiger partial charge in [-0.1, -0.05) is 0 Å². The highest BCUT2D eigenvalue weighted by Crippen LogP contribution is 2.23. The Morgan fingerprint density at radius 2 is 1.83 bits per heavy atom. The molecule has 102 valence electrons. The predicted octanol–water partition coefficient (Wildman–Crippen LogP) is 1.59. The van der Waals surface area contributed by atoms with E-state index in [1.807, 2.05) is 0 Å². The normalized spacial score (nSPS) is 13.0. The molecule has 0 aliphatic heterocycles. The molecule has 4 nitrogen and oxygen atoms in total. The van der Waals surface area contributed by atoms with Crippen molar-refractivity contribution in [3.63, 3.8) is 0 Å². The van der Waals surface area contributed by atoms with Crippen molar-refractivity contribution in [1.29, 1.82) is 0 Å². The third-order valence-corrected chi connectivity index (χ3v) is 3.78. The minimum atomic E-state index is -4.68. The molecule has 0 fully saturated rings. The second kappa shape index (κ2) is 4.73. The molecular formula is C9H10F4N2O2S. The van der Waals surface area contributed by atoms with E-state index in [0.29, 0.717) is 6.07 Å². The van der Waals surface area contributed by atoms with Crippen molar-refractivity contribution in [2.45, 2.75) is 11.1 Å². The van der Waals surface area contributed by atoms with E-state index in [2.05, 4.69) is 0 Å². The van der Waals surface area contributed by atoms with Gasteiger partial charge in [0.2, 0.25) is 10.0 Å². The Labute approximate surface area is 101 Å². The quantitative estimate of drug-likeness (QED) is 0.678. The Balaban J connectivity index is 3.13. The summed E-state index contributed by atoms with van der Waals surface area (Å²) in [6.07, 6.45) is -4.68. The highest BCUT2D eigenvalue weighted by Gasteiger charge is 2.35. The van der Waals surface area contributed by atoms with Crippen LogP contribution in [-0.2, 0) is 10.0 Å². The van der Waals surface area contributed by atoms with E-state index in [0.717, 1.165) is 19.2 Å². The highest BCUT2D eigenvalue weighted by molar-refractivity contribution is 7.89. The van der Waals surface area contributed by atoms with E-state index in [9.17, 15) is 26.0 Å². The first-order chi connectivity index (χ1) is 8.02. The Hall–Kier alpha value is -1.35. The Morgan fingerprint density at radius 1 is 1.28 bits per heavy atom. The van der Waals surface area contributed by atoms with Crippen molar-refractivity contribution in [2.75, 3.05) is 19.3 Å². The van der Waals surface area contributed by atoms with Crippen molar-refractivity contribution in [2.24, 2.45) is 0 Å². The molecule has 0 amide bonds. The van der Waals surface area contributed by atoms with Crippen LogP contribution in [0.15, 0.2) is 23.1 Å². The fourth-order valence-corrected chi connectivity index (χ4v) is 2.47. The van der Waals surface area contributed by atoms with Crippen LogP contribution in [0.1, 0.15) is 0 Å². The molecule has 0 aliphatic carbocycles. The molecule has 0 unspecified atom stereocenters. The van der Waals surface area contributed by atoms with Gasteiger partial charge in [-0.3, -0.25) is 0 Å². The van der Waals surface area contributed by atoms with Crippen LogP contribution in [0.3, 0.4) is 0 Å². The Morgan fingerprint density at radius 3 is 2.28 bits per heavy atom. The number of alkyl halides is 3. The largest absolute Gasteiger partial charge is 0.402 e. The SMILES string of the molecule is CN(CC(F)(F)F)S(=O)(=O)c1cc(N)cc(F)c1. The lowest BCUT2D eigenvalue weighted by atomic mass is 10.3. The Kier molecular flexibility index (Phi) is 3.86. The summed E-state index contributed by atoms with van der Waals surface area (Å²) in [5.74, 6) is -0.936. The number of rotatable bonds is 3. The van der Waals surface area contributed by atoms with Gasteiger partial charge in [0, 0.05) is 12.7 Å². The van der Waals surface area contributed by atoms with Crippen molar-refractivity contribution >= 4 is 15.7 Å². The van der Waals surface area contributed by atoms with Gasteiger partial charge in [0.15, 0.2) is 0 Å². The van der Waals surface area contributed by atoms with Gasteiger partial charge in [-0.15, -0.1) is 0 Å². The topological polar surface area (TPSA) is 63.4 Å². The summed E-state index contributed by atoms with van der Waals surface area (Å²) in [6.45, 7) is -1.66. The van der Waals surface area contributed by atoms with E-state index < -0.39 is 33.5 Å². The number of halogens is 4. The van der Waals surface area contributed by atoms with Gasteiger partial charge in [-0.05, 0) is 18.2 Å². The molecule has 0 bridgehead atoms. The third-order valence-electron chi connectivity index (χ3n) is 2.00. The molecule has 0 radical (unpaired) electrons. The molecule has 0 heterocycles. The summed E-state index contributed by atoms with van der Waals surface area (Å²) in [6, 6.07) is 2.37. The molecule has 1 aromatic carbocycles. The molecule has 0 saturated heterocycles. The number of hydrogen-bond donors (Lipinski definition) is 1. The van der Waals surface area contributed by atoms with Gasteiger partial charge in [-0.2, -0.15) is 17.5 Å². The second-order valence-corrected chi connectivity index (χ2v) is 5.64. The number of nitrogen functional groups attached to an aromatic ring is 1.